The Kier molecular flexibility index (Phi) is 5.07. The van der Waals surface area contributed by atoms with E-state index in [9.17, 15) is 18.0 Å². The second kappa shape index (κ2) is 6.13. The number of halogens is 3. The smallest absolute Gasteiger partial charge is 0.416 e. The minimum atomic E-state index is -4.31. The average Bonchev–Trinajstić information content (AvgIpc) is 2.34. The van der Waals surface area contributed by atoms with E-state index in [4.69, 9.17) is 0 Å². The van der Waals surface area contributed by atoms with Crippen LogP contribution in [0.1, 0.15) is 18.1 Å². The zero-order valence-corrected chi connectivity index (χ0v) is 10.8. The van der Waals surface area contributed by atoms with E-state index < -0.39 is 11.7 Å². The van der Waals surface area contributed by atoms with Gasteiger partial charge in [0.2, 0.25) is 0 Å². The summed E-state index contributed by atoms with van der Waals surface area (Å²) in [4.78, 5) is 11.1. The van der Waals surface area contributed by atoms with Crippen molar-refractivity contribution in [1.29, 1.82) is 0 Å². The Labute approximate surface area is 108 Å². The van der Waals surface area contributed by atoms with Gasteiger partial charge in [-0.15, -0.1) is 11.8 Å². The molecule has 0 saturated carbocycles. The number of thioether (sulfide) groups is 1. The number of rotatable bonds is 4. The van der Waals surface area contributed by atoms with Gasteiger partial charge in [0.25, 0.3) is 0 Å². The lowest BCUT2D eigenvalue weighted by Gasteiger charge is -2.10. The van der Waals surface area contributed by atoms with Crippen LogP contribution in [0.3, 0.4) is 0 Å². The zero-order chi connectivity index (χ0) is 13.8. The molecule has 0 fully saturated rings. The van der Waals surface area contributed by atoms with Gasteiger partial charge in [0.15, 0.2) is 0 Å². The quantitative estimate of drug-likeness (QED) is 0.788. The number of carbonyl (C=O) groups excluding carboxylic acids is 1. The van der Waals surface area contributed by atoms with Crippen LogP contribution in [-0.4, -0.2) is 18.3 Å². The minimum Gasteiger partial charge on any atom is -0.468 e. The molecule has 0 aliphatic heterocycles. The fourth-order valence-corrected chi connectivity index (χ4v) is 2.11. The molecule has 6 heteroatoms. The summed E-state index contributed by atoms with van der Waals surface area (Å²) in [5.41, 5.74) is 0.0704. The highest BCUT2D eigenvalue weighted by Gasteiger charge is 2.29. The SMILES string of the molecule is COC(=O)C(C)SCc1ccc(C(F)(F)F)cc1. The maximum Gasteiger partial charge on any atom is 0.416 e. The van der Waals surface area contributed by atoms with Crippen molar-refractivity contribution in [3.05, 3.63) is 35.4 Å². The average molecular weight is 278 g/mol. The second-order valence-electron chi connectivity index (χ2n) is 3.67. The van der Waals surface area contributed by atoms with Gasteiger partial charge in [-0.2, -0.15) is 13.2 Å². The van der Waals surface area contributed by atoms with Crippen LogP contribution >= 0.6 is 11.8 Å². The summed E-state index contributed by atoms with van der Waals surface area (Å²) >= 11 is 1.32. The number of hydrogen-bond donors (Lipinski definition) is 0. The predicted octanol–water partition coefficient (Wildman–Crippen LogP) is 3.50. The summed E-state index contributed by atoms with van der Waals surface area (Å²) in [6.07, 6.45) is -4.31. The molecule has 1 rings (SSSR count). The Hall–Kier alpha value is -1.17. The van der Waals surface area contributed by atoms with Crippen molar-refractivity contribution >= 4 is 17.7 Å². The molecular weight excluding hydrogens is 265 g/mol. The summed E-state index contributed by atoms with van der Waals surface area (Å²) in [5.74, 6) is 0.126. The van der Waals surface area contributed by atoms with Crippen LogP contribution in [0.2, 0.25) is 0 Å². The van der Waals surface area contributed by atoms with Crippen molar-refractivity contribution in [1.82, 2.24) is 0 Å². The molecule has 1 atom stereocenters. The van der Waals surface area contributed by atoms with Gasteiger partial charge < -0.3 is 4.74 Å². The van der Waals surface area contributed by atoms with Crippen LogP contribution in [0.5, 0.6) is 0 Å². The van der Waals surface area contributed by atoms with Crippen LogP contribution in [0.4, 0.5) is 13.2 Å². The molecule has 100 valence electrons. The number of carbonyl (C=O) groups is 1. The van der Waals surface area contributed by atoms with E-state index in [1.54, 1.807) is 6.92 Å². The monoisotopic (exact) mass is 278 g/mol. The highest BCUT2D eigenvalue weighted by molar-refractivity contribution is 7.99. The van der Waals surface area contributed by atoms with Gasteiger partial charge in [-0.25, -0.2) is 0 Å². The van der Waals surface area contributed by atoms with Crippen molar-refractivity contribution in [3.63, 3.8) is 0 Å². The predicted molar refractivity (Wildman–Crippen MR) is 64.2 cm³/mol. The fraction of sp³-hybridized carbons (Fsp3) is 0.417. The summed E-state index contributed by atoms with van der Waals surface area (Å²) in [5, 5.41) is -0.336. The molecule has 0 amide bonds. The number of esters is 1. The Bertz CT molecular complexity index is 401. The van der Waals surface area contributed by atoms with Gasteiger partial charge in [-0.05, 0) is 24.6 Å². The molecule has 0 N–H and O–H groups in total. The Morgan fingerprint density at radius 1 is 1.33 bits per heavy atom. The van der Waals surface area contributed by atoms with Gasteiger partial charge in [-0.3, -0.25) is 4.79 Å². The first kappa shape index (κ1) is 14.9. The van der Waals surface area contributed by atoms with Crippen molar-refractivity contribution in [2.75, 3.05) is 7.11 Å². The lowest BCUT2D eigenvalue weighted by molar-refractivity contribution is -0.139. The van der Waals surface area contributed by atoms with Crippen LogP contribution in [0, 0.1) is 0 Å². The molecular formula is C12H13F3O2S. The van der Waals surface area contributed by atoms with Crippen LogP contribution < -0.4 is 0 Å². The Morgan fingerprint density at radius 2 is 1.89 bits per heavy atom. The number of methoxy groups -OCH3 is 1. The van der Waals surface area contributed by atoms with Gasteiger partial charge in [0, 0.05) is 5.75 Å². The molecule has 0 heterocycles. The second-order valence-corrected chi connectivity index (χ2v) is 5.00. The Balaban J connectivity index is 2.57. The number of benzene rings is 1. The number of hydrogen-bond acceptors (Lipinski definition) is 3. The first-order valence-electron chi connectivity index (χ1n) is 5.20. The maximum absolute atomic E-state index is 12.3. The third-order valence-electron chi connectivity index (χ3n) is 2.31. The van der Waals surface area contributed by atoms with E-state index in [2.05, 4.69) is 4.74 Å². The first-order valence-corrected chi connectivity index (χ1v) is 6.25. The Morgan fingerprint density at radius 3 is 2.33 bits per heavy atom. The summed E-state index contributed by atoms with van der Waals surface area (Å²) in [7, 11) is 1.30. The summed E-state index contributed by atoms with van der Waals surface area (Å²) in [6, 6.07) is 4.91. The largest absolute Gasteiger partial charge is 0.468 e. The van der Waals surface area contributed by atoms with E-state index in [0.717, 1.165) is 17.7 Å². The maximum atomic E-state index is 12.3. The molecule has 0 saturated heterocycles. The zero-order valence-electron chi connectivity index (χ0n) is 9.95. The molecule has 0 aliphatic rings. The first-order chi connectivity index (χ1) is 8.34. The summed E-state index contributed by atoms with van der Waals surface area (Å²) < 4.78 is 41.5. The van der Waals surface area contributed by atoms with E-state index in [0.29, 0.717) is 5.75 Å². The van der Waals surface area contributed by atoms with Gasteiger partial charge in [-0.1, -0.05) is 12.1 Å². The van der Waals surface area contributed by atoms with Gasteiger partial charge in [0.1, 0.15) is 0 Å². The number of ether oxygens (including phenoxy) is 1. The van der Waals surface area contributed by atoms with E-state index in [1.165, 1.54) is 31.0 Å². The standard InChI is InChI=1S/C12H13F3O2S/c1-8(11(16)17-2)18-7-9-3-5-10(6-4-9)12(13,14)15/h3-6,8H,7H2,1-2H3. The van der Waals surface area contributed by atoms with E-state index in [-0.39, 0.29) is 11.2 Å². The molecule has 0 aliphatic carbocycles. The molecule has 1 aromatic carbocycles. The van der Waals surface area contributed by atoms with E-state index in [1.807, 2.05) is 0 Å². The lowest BCUT2D eigenvalue weighted by atomic mass is 10.1. The third kappa shape index (κ3) is 4.25. The minimum absolute atomic E-state index is 0.336. The number of alkyl halides is 3. The van der Waals surface area contributed by atoms with Crippen molar-refractivity contribution < 1.29 is 22.7 Å². The molecule has 1 unspecified atom stereocenters. The highest BCUT2D eigenvalue weighted by Crippen LogP contribution is 2.29. The third-order valence-corrected chi connectivity index (χ3v) is 3.51. The molecule has 1 aromatic rings. The molecule has 0 aromatic heterocycles. The van der Waals surface area contributed by atoms with Crippen molar-refractivity contribution in [2.24, 2.45) is 0 Å². The van der Waals surface area contributed by atoms with Crippen LogP contribution in [0.25, 0.3) is 0 Å². The van der Waals surface area contributed by atoms with Gasteiger partial charge in [0.05, 0.1) is 17.9 Å². The van der Waals surface area contributed by atoms with Crippen LogP contribution in [0.15, 0.2) is 24.3 Å². The molecule has 2 nitrogen and oxygen atoms in total. The highest BCUT2D eigenvalue weighted by atomic mass is 32.2. The topological polar surface area (TPSA) is 26.3 Å². The van der Waals surface area contributed by atoms with E-state index >= 15 is 0 Å². The van der Waals surface area contributed by atoms with Gasteiger partial charge >= 0.3 is 12.1 Å². The molecule has 0 radical (unpaired) electrons. The molecule has 0 spiro atoms. The van der Waals surface area contributed by atoms with Crippen molar-refractivity contribution in [3.8, 4) is 0 Å². The molecule has 18 heavy (non-hydrogen) atoms. The summed E-state index contributed by atoms with van der Waals surface area (Å²) in [6.45, 7) is 1.70. The van der Waals surface area contributed by atoms with Crippen molar-refractivity contribution in [2.45, 2.75) is 24.1 Å². The van der Waals surface area contributed by atoms with Crippen LogP contribution in [-0.2, 0) is 21.5 Å². The molecule has 0 bridgehead atoms. The fourth-order valence-electron chi connectivity index (χ4n) is 1.25. The lowest BCUT2D eigenvalue weighted by Crippen LogP contribution is -2.14. The normalized spacial score (nSPS) is 13.2.